The van der Waals surface area contributed by atoms with Gasteiger partial charge in [-0.3, -0.25) is 0 Å². The first-order chi connectivity index (χ1) is 10.1. The van der Waals surface area contributed by atoms with Gasteiger partial charge in [-0.05, 0) is 44.4 Å². The summed E-state index contributed by atoms with van der Waals surface area (Å²) < 4.78 is 1.99. The molecule has 0 saturated carbocycles. The lowest BCUT2D eigenvalue weighted by Crippen LogP contribution is -2.23. The molecule has 3 rings (SSSR count). The molecule has 0 amide bonds. The maximum absolute atomic E-state index is 5.97. The summed E-state index contributed by atoms with van der Waals surface area (Å²) in [6.07, 6.45) is 2.72. The van der Waals surface area contributed by atoms with Crippen LogP contribution in [0.2, 0.25) is 0 Å². The monoisotopic (exact) mass is 285 g/mol. The predicted octanol–water partition coefficient (Wildman–Crippen LogP) is 2.44. The second kappa shape index (κ2) is 5.48. The molecule has 0 aliphatic carbocycles. The van der Waals surface area contributed by atoms with Gasteiger partial charge in [0.15, 0.2) is 0 Å². The van der Waals surface area contributed by atoms with E-state index in [0.29, 0.717) is 6.04 Å². The molecule has 112 valence electrons. The summed E-state index contributed by atoms with van der Waals surface area (Å²) in [5.41, 5.74) is 9.87. The molecule has 2 aromatic rings. The number of aromatic nitrogens is 3. The van der Waals surface area contributed by atoms with Crippen molar-refractivity contribution in [3.63, 3.8) is 0 Å². The Bertz CT molecular complexity index is 629. The van der Waals surface area contributed by atoms with Gasteiger partial charge in [0.1, 0.15) is 12.2 Å². The van der Waals surface area contributed by atoms with Crippen molar-refractivity contribution in [2.45, 2.75) is 45.8 Å². The molecule has 0 fully saturated rings. The predicted molar refractivity (Wildman–Crippen MR) is 84.2 cm³/mol. The molecule has 1 aliphatic rings. The minimum Gasteiger partial charge on any atom is -0.363 e. The molecular weight excluding hydrogens is 262 g/mol. The molecule has 1 aromatic carbocycles. The van der Waals surface area contributed by atoms with Gasteiger partial charge >= 0.3 is 0 Å². The zero-order valence-electron chi connectivity index (χ0n) is 13.0. The summed E-state index contributed by atoms with van der Waals surface area (Å²) in [6.45, 7) is 8.13. The van der Waals surface area contributed by atoms with E-state index in [4.69, 9.17) is 5.73 Å². The highest BCUT2D eigenvalue weighted by Crippen LogP contribution is 2.31. The summed E-state index contributed by atoms with van der Waals surface area (Å²) in [5, 5.41) is 4.31. The Labute approximate surface area is 125 Å². The third-order valence-corrected chi connectivity index (χ3v) is 4.09. The maximum Gasteiger partial charge on any atom is 0.146 e. The third-order valence-electron chi connectivity index (χ3n) is 4.09. The van der Waals surface area contributed by atoms with Crippen molar-refractivity contribution in [2.24, 2.45) is 5.73 Å². The minimum absolute atomic E-state index is 0.0911. The van der Waals surface area contributed by atoms with Crippen LogP contribution in [-0.4, -0.2) is 21.3 Å². The molecule has 1 aromatic heterocycles. The molecule has 21 heavy (non-hydrogen) atoms. The molecule has 1 aliphatic heterocycles. The zero-order chi connectivity index (χ0) is 15.0. The second-order valence-corrected chi connectivity index (χ2v) is 6.06. The highest BCUT2D eigenvalue weighted by molar-refractivity contribution is 5.59. The number of hydrogen-bond acceptors (Lipinski definition) is 4. The molecule has 0 saturated heterocycles. The van der Waals surface area contributed by atoms with Crippen LogP contribution in [0.3, 0.4) is 0 Å². The average molecular weight is 285 g/mol. The fourth-order valence-electron chi connectivity index (χ4n) is 2.93. The second-order valence-electron chi connectivity index (χ2n) is 6.06. The van der Waals surface area contributed by atoms with E-state index in [0.717, 1.165) is 25.3 Å². The Balaban J connectivity index is 1.83. The summed E-state index contributed by atoms with van der Waals surface area (Å²) >= 11 is 0. The molecule has 1 unspecified atom stereocenters. The van der Waals surface area contributed by atoms with Gasteiger partial charge in [-0.15, -0.1) is 0 Å². The molecule has 0 radical (unpaired) electrons. The highest BCUT2D eigenvalue weighted by Gasteiger charge is 2.22. The van der Waals surface area contributed by atoms with E-state index < -0.39 is 0 Å². The topological polar surface area (TPSA) is 60.0 Å². The number of benzene rings is 1. The van der Waals surface area contributed by atoms with Crippen molar-refractivity contribution in [2.75, 3.05) is 11.4 Å². The average Bonchev–Trinajstić information content (AvgIpc) is 3.06. The van der Waals surface area contributed by atoms with Crippen molar-refractivity contribution < 1.29 is 0 Å². The van der Waals surface area contributed by atoms with Crippen LogP contribution in [0.15, 0.2) is 24.5 Å². The van der Waals surface area contributed by atoms with Gasteiger partial charge in [-0.2, -0.15) is 5.10 Å². The van der Waals surface area contributed by atoms with Crippen molar-refractivity contribution in [3.8, 4) is 0 Å². The maximum atomic E-state index is 5.97. The molecule has 2 heterocycles. The van der Waals surface area contributed by atoms with Gasteiger partial charge in [0.25, 0.3) is 0 Å². The number of nitrogens with two attached hydrogens (primary N) is 1. The summed E-state index contributed by atoms with van der Waals surface area (Å²) in [5.74, 6) is 1.02. The van der Waals surface area contributed by atoms with Crippen molar-refractivity contribution in [1.82, 2.24) is 14.8 Å². The molecule has 1 atom stereocenters. The highest BCUT2D eigenvalue weighted by atomic mass is 15.4. The number of fused-ring (bicyclic) bond motifs is 1. The summed E-state index contributed by atoms with van der Waals surface area (Å²) in [6, 6.07) is 7.00. The van der Waals surface area contributed by atoms with Crippen LogP contribution in [0.4, 0.5) is 5.69 Å². The van der Waals surface area contributed by atoms with Crippen LogP contribution in [0, 0.1) is 0 Å². The van der Waals surface area contributed by atoms with E-state index >= 15 is 0 Å². The Morgan fingerprint density at radius 1 is 1.29 bits per heavy atom. The summed E-state index contributed by atoms with van der Waals surface area (Å²) in [4.78, 5) is 6.79. The van der Waals surface area contributed by atoms with E-state index in [1.807, 2.05) is 11.6 Å². The standard InChI is InChI=1S/C16H23N5/c1-11(2)21-16(18-10-19-21)9-20-7-6-14-8-13(12(3)17)4-5-15(14)20/h4-5,8,10-12H,6-7,9,17H2,1-3H3. The fraction of sp³-hybridized carbons (Fsp3) is 0.500. The Morgan fingerprint density at radius 2 is 2.10 bits per heavy atom. The van der Waals surface area contributed by atoms with Crippen LogP contribution in [0.5, 0.6) is 0 Å². The van der Waals surface area contributed by atoms with Crippen LogP contribution in [0.25, 0.3) is 0 Å². The fourth-order valence-corrected chi connectivity index (χ4v) is 2.93. The van der Waals surface area contributed by atoms with Gasteiger partial charge in [0.05, 0.1) is 6.54 Å². The SMILES string of the molecule is CC(N)c1ccc2c(c1)CCN2Cc1ncnn1C(C)C. The van der Waals surface area contributed by atoms with Crippen molar-refractivity contribution in [3.05, 3.63) is 41.5 Å². The van der Waals surface area contributed by atoms with E-state index in [-0.39, 0.29) is 6.04 Å². The lowest BCUT2D eigenvalue weighted by Gasteiger charge is -2.20. The zero-order valence-corrected chi connectivity index (χ0v) is 13.0. The van der Waals surface area contributed by atoms with Gasteiger partial charge in [0.2, 0.25) is 0 Å². The smallest absolute Gasteiger partial charge is 0.146 e. The Hall–Kier alpha value is -1.88. The van der Waals surface area contributed by atoms with E-state index in [9.17, 15) is 0 Å². The van der Waals surface area contributed by atoms with Gasteiger partial charge in [0, 0.05) is 24.3 Å². The number of nitrogens with zero attached hydrogens (tertiary/aromatic N) is 4. The van der Waals surface area contributed by atoms with Crippen molar-refractivity contribution >= 4 is 5.69 Å². The molecular formula is C16H23N5. The lowest BCUT2D eigenvalue weighted by molar-refractivity contribution is 0.502. The number of rotatable bonds is 4. The van der Waals surface area contributed by atoms with Crippen LogP contribution >= 0.6 is 0 Å². The quantitative estimate of drug-likeness (QED) is 0.937. The molecule has 5 heteroatoms. The summed E-state index contributed by atoms with van der Waals surface area (Å²) in [7, 11) is 0. The minimum atomic E-state index is 0.0911. The van der Waals surface area contributed by atoms with E-state index in [2.05, 4.69) is 47.0 Å². The largest absolute Gasteiger partial charge is 0.363 e. The molecule has 0 bridgehead atoms. The normalized spacial score (nSPS) is 15.6. The molecule has 5 nitrogen and oxygen atoms in total. The third kappa shape index (κ3) is 2.65. The Morgan fingerprint density at radius 3 is 2.81 bits per heavy atom. The molecule has 2 N–H and O–H groups in total. The van der Waals surface area contributed by atoms with E-state index in [1.54, 1.807) is 6.33 Å². The lowest BCUT2D eigenvalue weighted by atomic mass is 10.0. The first-order valence-corrected chi connectivity index (χ1v) is 7.58. The van der Waals surface area contributed by atoms with Gasteiger partial charge in [-0.25, -0.2) is 9.67 Å². The van der Waals surface area contributed by atoms with E-state index in [1.165, 1.54) is 16.8 Å². The number of anilines is 1. The van der Waals surface area contributed by atoms with Gasteiger partial charge < -0.3 is 10.6 Å². The first kappa shape index (κ1) is 14.1. The Kier molecular flexibility index (Phi) is 3.68. The van der Waals surface area contributed by atoms with Crippen LogP contribution in [0.1, 0.15) is 49.8 Å². The van der Waals surface area contributed by atoms with Crippen molar-refractivity contribution in [1.29, 1.82) is 0 Å². The molecule has 0 spiro atoms. The van der Waals surface area contributed by atoms with Gasteiger partial charge in [-0.1, -0.05) is 12.1 Å². The van der Waals surface area contributed by atoms with Crippen LogP contribution in [-0.2, 0) is 13.0 Å². The first-order valence-electron chi connectivity index (χ1n) is 7.58. The number of hydrogen-bond donors (Lipinski definition) is 1. The van der Waals surface area contributed by atoms with Crippen LogP contribution < -0.4 is 10.6 Å².